The van der Waals surface area contributed by atoms with Crippen molar-refractivity contribution in [1.29, 1.82) is 0 Å². The highest BCUT2D eigenvalue weighted by Gasteiger charge is 2.21. The van der Waals surface area contributed by atoms with Crippen LogP contribution in [0.1, 0.15) is 60.3 Å². The summed E-state index contributed by atoms with van der Waals surface area (Å²) in [5.41, 5.74) is 2.06. The van der Waals surface area contributed by atoms with Gasteiger partial charge in [-0.05, 0) is 64.7 Å². The van der Waals surface area contributed by atoms with Crippen molar-refractivity contribution in [3.63, 3.8) is 0 Å². The number of esters is 1. The fourth-order valence-electron chi connectivity index (χ4n) is 3.15. The van der Waals surface area contributed by atoms with Gasteiger partial charge in [-0.15, -0.1) is 0 Å². The second-order valence-electron chi connectivity index (χ2n) is 7.97. The van der Waals surface area contributed by atoms with Crippen molar-refractivity contribution in [3.05, 3.63) is 64.1 Å². The topological polar surface area (TPSA) is 75.0 Å². The van der Waals surface area contributed by atoms with Gasteiger partial charge in [0.15, 0.2) is 5.75 Å². The summed E-state index contributed by atoms with van der Waals surface area (Å²) in [6, 6.07) is 4.91. The summed E-state index contributed by atoms with van der Waals surface area (Å²) < 4.78 is 22.6. The van der Waals surface area contributed by atoms with Gasteiger partial charge in [0.25, 0.3) is 0 Å². The zero-order valence-corrected chi connectivity index (χ0v) is 20.2. The van der Waals surface area contributed by atoms with Gasteiger partial charge in [0, 0.05) is 6.92 Å². The van der Waals surface area contributed by atoms with E-state index in [1.54, 1.807) is 18.2 Å². The lowest BCUT2D eigenvalue weighted by Gasteiger charge is -2.15. The SMILES string of the molecule is CCC=CCCOc1c(OC/C=C(\C)CCC=C(C)C)c(=O)oc2cccc(OC(C)=O)c12. The number of rotatable bonds is 12. The Morgan fingerprint density at radius 3 is 2.48 bits per heavy atom. The Labute approximate surface area is 195 Å². The molecule has 0 fully saturated rings. The number of hydrogen-bond acceptors (Lipinski definition) is 6. The molecule has 0 atom stereocenters. The maximum Gasteiger partial charge on any atom is 0.383 e. The van der Waals surface area contributed by atoms with E-state index in [-0.39, 0.29) is 29.4 Å². The molecule has 0 unspecified atom stereocenters. The first-order valence-electron chi connectivity index (χ1n) is 11.3. The van der Waals surface area contributed by atoms with E-state index in [4.69, 9.17) is 18.6 Å². The van der Waals surface area contributed by atoms with E-state index in [1.807, 2.05) is 25.2 Å². The van der Waals surface area contributed by atoms with E-state index in [1.165, 1.54) is 12.5 Å². The van der Waals surface area contributed by atoms with Crippen LogP contribution in [0.4, 0.5) is 0 Å². The number of ether oxygens (including phenoxy) is 3. The number of hydrogen-bond donors (Lipinski definition) is 0. The first-order chi connectivity index (χ1) is 15.8. The average molecular weight is 455 g/mol. The van der Waals surface area contributed by atoms with Crippen molar-refractivity contribution in [1.82, 2.24) is 0 Å². The maximum absolute atomic E-state index is 12.7. The summed E-state index contributed by atoms with van der Waals surface area (Å²) in [6.45, 7) is 10.1. The molecule has 0 amide bonds. The van der Waals surface area contributed by atoms with E-state index < -0.39 is 11.6 Å². The van der Waals surface area contributed by atoms with Crippen LogP contribution in [0.2, 0.25) is 0 Å². The molecular weight excluding hydrogens is 420 g/mol. The predicted octanol–water partition coefficient (Wildman–Crippen LogP) is 6.52. The van der Waals surface area contributed by atoms with Crippen molar-refractivity contribution >= 4 is 16.9 Å². The highest BCUT2D eigenvalue weighted by Crippen LogP contribution is 2.39. The third kappa shape index (κ3) is 8.29. The normalized spacial score (nSPS) is 11.6. The lowest BCUT2D eigenvalue weighted by atomic mass is 10.1. The second kappa shape index (κ2) is 13.3. The Bertz CT molecular complexity index is 1080. The zero-order valence-electron chi connectivity index (χ0n) is 20.2. The molecule has 0 aliphatic heterocycles. The van der Waals surface area contributed by atoms with Crippen molar-refractivity contribution in [2.45, 2.75) is 60.3 Å². The summed E-state index contributed by atoms with van der Waals surface area (Å²) in [5.74, 6) is -0.0439. The van der Waals surface area contributed by atoms with Crippen molar-refractivity contribution < 1.29 is 23.4 Å². The van der Waals surface area contributed by atoms with Gasteiger partial charge >= 0.3 is 11.6 Å². The lowest BCUT2D eigenvalue weighted by molar-refractivity contribution is -0.131. The molecular formula is C27H34O6. The third-order valence-corrected chi connectivity index (χ3v) is 4.75. The molecule has 0 aliphatic rings. The minimum Gasteiger partial charge on any atom is -0.488 e. The zero-order chi connectivity index (χ0) is 24.2. The van der Waals surface area contributed by atoms with Crippen LogP contribution in [0.5, 0.6) is 17.2 Å². The van der Waals surface area contributed by atoms with E-state index in [0.717, 1.165) is 24.8 Å². The molecule has 0 N–H and O–H groups in total. The average Bonchev–Trinajstić information content (AvgIpc) is 2.74. The Balaban J connectivity index is 2.37. The molecule has 1 heterocycles. The monoisotopic (exact) mass is 454 g/mol. The summed E-state index contributed by atoms with van der Waals surface area (Å²) >= 11 is 0. The van der Waals surface area contributed by atoms with Gasteiger partial charge in [-0.2, -0.15) is 0 Å². The van der Waals surface area contributed by atoms with E-state index >= 15 is 0 Å². The van der Waals surface area contributed by atoms with Crippen LogP contribution in [0, 0.1) is 0 Å². The molecule has 6 heteroatoms. The van der Waals surface area contributed by atoms with Gasteiger partial charge in [0.2, 0.25) is 5.75 Å². The van der Waals surface area contributed by atoms with Crippen LogP contribution >= 0.6 is 0 Å². The Hall–Kier alpha value is -3.28. The number of carbonyl (C=O) groups excluding carboxylic acids is 1. The highest BCUT2D eigenvalue weighted by atomic mass is 16.5. The minimum atomic E-state index is -0.642. The molecule has 33 heavy (non-hydrogen) atoms. The molecule has 178 valence electrons. The van der Waals surface area contributed by atoms with Crippen LogP contribution in [-0.2, 0) is 4.79 Å². The lowest BCUT2D eigenvalue weighted by Crippen LogP contribution is -2.12. The molecule has 0 bridgehead atoms. The molecule has 0 saturated carbocycles. The largest absolute Gasteiger partial charge is 0.488 e. The van der Waals surface area contributed by atoms with Crippen LogP contribution < -0.4 is 19.8 Å². The summed E-state index contributed by atoms with van der Waals surface area (Å²) in [7, 11) is 0. The minimum absolute atomic E-state index is 0.0325. The van der Waals surface area contributed by atoms with Gasteiger partial charge in [-0.3, -0.25) is 4.79 Å². The Morgan fingerprint density at radius 1 is 1.00 bits per heavy atom. The highest BCUT2D eigenvalue weighted by molar-refractivity contribution is 5.93. The van der Waals surface area contributed by atoms with E-state index in [2.05, 4.69) is 26.8 Å². The van der Waals surface area contributed by atoms with Crippen LogP contribution in [0.15, 0.2) is 62.9 Å². The summed E-state index contributed by atoms with van der Waals surface area (Å²) in [5, 5.41) is 0.394. The van der Waals surface area contributed by atoms with Gasteiger partial charge in [0.1, 0.15) is 23.3 Å². The molecule has 0 saturated heterocycles. The number of allylic oxidation sites excluding steroid dienone is 4. The Morgan fingerprint density at radius 2 is 1.79 bits per heavy atom. The fourth-order valence-corrected chi connectivity index (χ4v) is 3.15. The summed E-state index contributed by atoms with van der Waals surface area (Å²) in [6.07, 6.45) is 11.6. The van der Waals surface area contributed by atoms with Crippen molar-refractivity contribution in [2.24, 2.45) is 0 Å². The van der Waals surface area contributed by atoms with Gasteiger partial charge < -0.3 is 18.6 Å². The Kier molecular flexibility index (Phi) is 10.5. The van der Waals surface area contributed by atoms with E-state index in [0.29, 0.717) is 18.4 Å². The van der Waals surface area contributed by atoms with Crippen molar-refractivity contribution in [3.8, 4) is 17.2 Å². The molecule has 2 aromatic rings. The molecule has 1 aromatic heterocycles. The number of fused-ring (bicyclic) bond motifs is 1. The smallest absolute Gasteiger partial charge is 0.383 e. The molecule has 2 rings (SSSR count). The van der Waals surface area contributed by atoms with Crippen LogP contribution in [-0.4, -0.2) is 19.2 Å². The van der Waals surface area contributed by atoms with Gasteiger partial charge in [0.05, 0.1) is 6.61 Å². The first kappa shape index (κ1) is 26.0. The van der Waals surface area contributed by atoms with Gasteiger partial charge in [-0.1, -0.05) is 42.4 Å². The van der Waals surface area contributed by atoms with Crippen LogP contribution in [0.25, 0.3) is 11.0 Å². The molecule has 0 radical (unpaired) electrons. The predicted molar refractivity (Wildman–Crippen MR) is 131 cm³/mol. The molecule has 0 spiro atoms. The maximum atomic E-state index is 12.7. The van der Waals surface area contributed by atoms with Gasteiger partial charge in [-0.25, -0.2) is 4.79 Å². The van der Waals surface area contributed by atoms with Crippen molar-refractivity contribution in [2.75, 3.05) is 13.2 Å². The first-order valence-corrected chi connectivity index (χ1v) is 11.3. The fraction of sp³-hybridized carbons (Fsp3) is 0.407. The van der Waals surface area contributed by atoms with E-state index in [9.17, 15) is 9.59 Å². The molecule has 6 nitrogen and oxygen atoms in total. The standard InChI is InChI=1S/C27H34O6/c1-6-7-8-9-17-30-25-24-22(32-21(5)28)14-11-15-23(24)33-27(29)26(25)31-18-16-20(4)13-10-12-19(2)3/h7-8,11-12,14-16H,6,9-10,13,17-18H2,1-5H3/b8-7?,20-16+. The molecule has 0 aliphatic carbocycles. The quantitative estimate of drug-likeness (QED) is 0.119. The third-order valence-electron chi connectivity index (χ3n) is 4.75. The second-order valence-corrected chi connectivity index (χ2v) is 7.97. The van der Waals surface area contributed by atoms with Crippen LogP contribution in [0.3, 0.4) is 0 Å². The number of carbonyl (C=O) groups is 1. The summed E-state index contributed by atoms with van der Waals surface area (Å²) in [4.78, 5) is 24.3. The number of benzene rings is 1. The molecule has 1 aromatic carbocycles.